The van der Waals surface area contributed by atoms with Gasteiger partial charge in [0.25, 0.3) is 0 Å². The molecule has 3 rings (SSSR count). The standard InChI is InChI=1S/C22H25ClN4OS/c1-4-22(2,3)16-5-7-18-14(10-16)9-15(11-24)21(26-18)29-13-20(28)27-19-8-6-17(23)12-25-19/h6,8-9,12,16H,4-5,7,10,13H2,1-3H3,(H,25,27,28). The predicted octanol–water partition coefficient (Wildman–Crippen LogP) is 5.27. The molecule has 2 heterocycles. The first-order valence-corrected chi connectivity index (χ1v) is 11.2. The fourth-order valence-electron chi connectivity index (χ4n) is 3.55. The molecule has 1 amide bonds. The Morgan fingerprint density at radius 2 is 2.24 bits per heavy atom. The molecule has 0 aromatic carbocycles. The maximum absolute atomic E-state index is 12.2. The molecule has 2 aromatic heterocycles. The summed E-state index contributed by atoms with van der Waals surface area (Å²) in [4.78, 5) is 21.0. The molecule has 0 fully saturated rings. The van der Waals surface area contributed by atoms with Crippen LogP contribution in [0.5, 0.6) is 0 Å². The number of pyridine rings is 2. The number of aryl methyl sites for hydroxylation is 1. The number of amides is 1. The Morgan fingerprint density at radius 1 is 1.45 bits per heavy atom. The third kappa shape index (κ3) is 5.29. The molecule has 0 saturated heterocycles. The number of hydrogen-bond donors (Lipinski definition) is 1. The molecule has 1 aliphatic carbocycles. The van der Waals surface area contributed by atoms with E-state index in [1.54, 1.807) is 12.1 Å². The summed E-state index contributed by atoms with van der Waals surface area (Å²) in [5.41, 5.74) is 3.07. The Labute approximate surface area is 181 Å². The SMILES string of the molecule is CCC(C)(C)C1CCc2nc(SCC(=O)Nc3ccc(Cl)cn3)c(C#N)cc2C1. The monoisotopic (exact) mass is 428 g/mol. The van der Waals surface area contributed by atoms with Gasteiger partial charge in [-0.25, -0.2) is 9.97 Å². The zero-order valence-electron chi connectivity index (χ0n) is 17.0. The minimum atomic E-state index is -0.196. The van der Waals surface area contributed by atoms with Gasteiger partial charge in [0.15, 0.2) is 0 Å². The van der Waals surface area contributed by atoms with Crippen LogP contribution >= 0.6 is 23.4 Å². The molecule has 152 valence electrons. The number of nitrogens with one attached hydrogen (secondary N) is 1. The Morgan fingerprint density at radius 3 is 2.90 bits per heavy atom. The third-order valence-corrected chi connectivity index (χ3v) is 7.04. The number of hydrogen-bond acceptors (Lipinski definition) is 5. The van der Waals surface area contributed by atoms with Crippen LogP contribution in [0.3, 0.4) is 0 Å². The molecule has 0 aliphatic heterocycles. The summed E-state index contributed by atoms with van der Waals surface area (Å²) >= 11 is 7.09. The maximum atomic E-state index is 12.2. The van der Waals surface area contributed by atoms with E-state index in [9.17, 15) is 10.1 Å². The van der Waals surface area contributed by atoms with E-state index in [1.165, 1.54) is 23.5 Å². The summed E-state index contributed by atoms with van der Waals surface area (Å²) in [6.45, 7) is 6.87. The number of fused-ring (bicyclic) bond motifs is 1. The summed E-state index contributed by atoms with van der Waals surface area (Å²) in [6, 6.07) is 7.54. The van der Waals surface area contributed by atoms with Crippen molar-refractivity contribution in [2.75, 3.05) is 11.1 Å². The lowest BCUT2D eigenvalue weighted by molar-refractivity contribution is -0.113. The van der Waals surface area contributed by atoms with E-state index in [-0.39, 0.29) is 17.1 Å². The van der Waals surface area contributed by atoms with Gasteiger partial charge in [0.05, 0.1) is 16.3 Å². The zero-order valence-corrected chi connectivity index (χ0v) is 18.5. The number of aromatic nitrogens is 2. The summed E-state index contributed by atoms with van der Waals surface area (Å²) in [5.74, 6) is 1.02. The first-order chi connectivity index (χ1) is 13.8. The average molecular weight is 429 g/mol. The second-order valence-corrected chi connectivity index (χ2v) is 9.44. The van der Waals surface area contributed by atoms with Crippen molar-refractivity contribution in [2.24, 2.45) is 11.3 Å². The van der Waals surface area contributed by atoms with Gasteiger partial charge >= 0.3 is 0 Å². The first kappa shape index (κ1) is 21.6. The Kier molecular flexibility index (Phi) is 6.81. The molecule has 1 aliphatic rings. The van der Waals surface area contributed by atoms with Gasteiger partial charge in [-0.15, -0.1) is 0 Å². The maximum Gasteiger partial charge on any atom is 0.235 e. The topological polar surface area (TPSA) is 78.7 Å². The minimum absolute atomic E-state index is 0.163. The van der Waals surface area contributed by atoms with Crippen molar-refractivity contribution in [1.82, 2.24) is 9.97 Å². The van der Waals surface area contributed by atoms with Gasteiger partial charge in [0.2, 0.25) is 5.91 Å². The highest BCUT2D eigenvalue weighted by Gasteiger charge is 2.32. The second kappa shape index (κ2) is 9.15. The van der Waals surface area contributed by atoms with Crippen molar-refractivity contribution >= 4 is 35.1 Å². The van der Waals surface area contributed by atoms with Crippen LogP contribution in [-0.4, -0.2) is 21.6 Å². The van der Waals surface area contributed by atoms with E-state index < -0.39 is 0 Å². The average Bonchev–Trinajstić information content (AvgIpc) is 2.72. The molecule has 1 unspecified atom stereocenters. The number of rotatable bonds is 6. The predicted molar refractivity (Wildman–Crippen MR) is 117 cm³/mol. The van der Waals surface area contributed by atoms with Crippen molar-refractivity contribution < 1.29 is 4.79 Å². The minimum Gasteiger partial charge on any atom is -0.310 e. The van der Waals surface area contributed by atoms with E-state index in [4.69, 9.17) is 16.6 Å². The van der Waals surface area contributed by atoms with E-state index in [2.05, 4.69) is 37.1 Å². The van der Waals surface area contributed by atoms with Gasteiger partial charge in [-0.3, -0.25) is 4.79 Å². The molecule has 1 N–H and O–H groups in total. The smallest absolute Gasteiger partial charge is 0.235 e. The number of halogens is 1. The summed E-state index contributed by atoms with van der Waals surface area (Å²) < 4.78 is 0. The molecule has 29 heavy (non-hydrogen) atoms. The van der Waals surface area contributed by atoms with Crippen LogP contribution in [0.4, 0.5) is 5.82 Å². The number of carbonyl (C=O) groups is 1. The molecule has 5 nitrogen and oxygen atoms in total. The Hall–Kier alpha value is -2.10. The molecule has 7 heteroatoms. The van der Waals surface area contributed by atoms with E-state index in [0.29, 0.717) is 27.3 Å². The molecule has 2 aromatic rings. The van der Waals surface area contributed by atoms with Gasteiger partial charge in [-0.1, -0.05) is 50.6 Å². The van der Waals surface area contributed by atoms with Gasteiger partial charge < -0.3 is 5.32 Å². The van der Waals surface area contributed by atoms with Gasteiger partial charge in [0.1, 0.15) is 16.9 Å². The molecular formula is C22H25ClN4OS. The number of anilines is 1. The summed E-state index contributed by atoms with van der Waals surface area (Å²) in [5, 5.41) is 13.5. The van der Waals surface area contributed by atoms with Crippen LogP contribution < -0.4 is 5.32 Å². The summed E-state index contributed by atoms with van der Waals surface area (Å²) in [6.07, 6.45) is 5.61. The van der Waals surface area contributed by atoms with Crippen molar-refractivity contribution in [3.8, 4) is 6.07 Å². The fraction of sp³-hybridized carbons (Fsp3) is 0.455. The Bertz CT molecular complexity index is 937. The lowest BCUT2D eigenvalue weighted by atomic mass is 9.69. The van der Waals surface area contributed by atoms with Crippen LogP contribution in [0, 0.1) is 22.7 Å². The van der Waals surface area contributed by atoms with E-state index in [0.717, 1.165) is 31.4 Å². The number of thioether (sulfide) groups is 1. The quantitative estimate of drug-likeness (QED) is 0.633. The zero-order chi connectivity index (χ0) is 21.0. The van der Waals surface area contributed by atoms with Crippen molar-refractivity contribution in [3.63, 3.8) is 0 Å². The Balaban J connectivity index is 1.68. The molecule has 0 bridgehead atoms. The molecular weight excluding hydrogens is 404 g/mol. The van der Waals surface area contributed by atoms with Gasteiger partial charge in [-0.2, -0.15) is 5.26 Å². The second-order valence-electron chi connectivity index (χ2n) is 8.04. The van der Waals surface area contributed by atoms with Crippen molar-refractivity contribution in [3.05, 3.63) is 46.2 Å². The van der Waals surface area contributed by atoms with E-state index in [1.807, 2.05) is 6.07 Å². The molecule has 0 radical (unpaired) electrons. The largest absolute Gasteiger partial charge is 0.310 e. The molecule has 0 saturated carbocycles. The fourth-order valence-corrected chi connectivity index (χ4v) is 4.44. The van der Waals surface area contributed by atoms with Crippen LogP contribution in [-0.2, 0) is 17.6 Å². The van der Waals surface area contributed by atoms with Crippen LogP contribution in [0.25, 0.3) is 0 Å². The number of nitriles is 1. The lowest BCUT2D eigenvalue weighted by Gasteiger charge is -2.37. The summed E-state index contributed by atoms with van der Waals surface area (Å²) in [7, 11) is 0. The van der Waals surface area contributed by atoms with Crippen LogP contribution in [0.2, 0.25) is 5.02 Å². The number of nitrogens with zero attached hydrogens (tertiary/aromatic N) is 3. The first-order valence-electron chi connectivity index (χ1n) is 9.79. The highest BCUT2D eigenvalue weighted by atomic mass is 35.5. The normalized spacial score (nSPS) is 16.0. The van der Waals surface area contributed by atoms with Crippen molar-refractivity contribution in [1.29, 1.82) is 5.26 Å². The highest BCUT2D eigenvalue weighted by molar-refractivity contribution is 8.00. The van der Waals surface area contributed by atoms with E-state index >= 15 is 0 Å². The van der Waals surface area contributed by atoms with Gasteiger partial charge in [-0.05, 0) is 54.4 Å². The van der Waals surface area contributed by atoms with Crippen LogP contribution in [0.15, 0.2) is 29.4 Å². The third-order valence-electron chi connectivity index (χ3n) is 5.82. The molecule has 0 spiro atoms. The van der Waals surface area contributed by atoms with Crippen molar-refractivity contribution in [2.45, 2.75) is 51.5 Å². The lowest BCUT2D eigenvalue weighted by Crippen LogP contribution is -2.29. The molecule has 1 atom stereocenters. The number of carbonyl (C=O) groups excluding carboxylic acids is 1. The highest BCUT2D eigenvalue weighted by Crippen LogP contribution is 2.40. The van der Waals surface area contributed by atoms with Crippen LogP contribution in [0.1, 0.15) is 50.4 Å². The van der Waals surface area contributed by atoms with Gasteiger partial charge in [0, 0.05) is 11.9 Å².